The molecule has 0 spiro atoms. The maximum Gasteiger partial charge on any atom is 0.330 e. The Kier molecular flexibility index (Phi) is 7.15. The first-order valence-corrected chi connectivity index (χ1v) is 9.63. The summed E-state index contributed by atoms with van der Waals surface area (Å²) in [7, 11) is -3.72. The van der Waals surface area contributed by atoms with Gasteiger partial charge in [-0.1, -0.05) is 17.7 Å². The number of anilines is 1. The Morgan fingerprint density at radius 2 is 2.04 bits per heavy atom. The third-order valence-electron chi connectivity index (χ3n) is 3.47. The van der Waals surface area contributed by atoms with Gasteiger partial charge in [-0.3, -0.25) is 4.79 Å². The summed E-state index contributed by atoms with van der Waals surface area (Å²) in [6, 6.07) is 4.03. The van der Waals surface area contributed by atoms with Crippen LogP contribution in [0.1, 0.15) is 6.92 Å². The Morgan fingerprint density at radius 1 is 1.35 bits per heavy atom. The van der Waals surface area contributed by atoms with Gasteiger partial charge in [0.15, 0.2) is 6.61 Å². The van der Waals surface area contributed by atoms with Crippen molar-refractivity contribution in [2.24, 2.45) is 0 Å². The number of amides is 1. The van der Waals surface area contributed by atoms with Crippen molar-refractivity contribution in [2.45, 2.75) is 11.8 Å². The topological polar surface area (TPSA) is 102 Å². The third-order valence-corrected chi connectivity index (χ3v) is 5.69. The highest BCUT2D eigenvalue weighted by Crippen LogP contribution is 2.27. The first kappa shape index (κ1) is 20.4. The Labute approximate surface area is 156 Å². The molecule has 1 aromatic rings. The fourth-order valence-corrected chi connectivity index (χ4v) is 3.80. The van der Waals surface area contributed by atoms with Crippen molar-refractivity contribution >= 4 is 39.2 Å². The molecule has 0 atom stereocenters. The molecule has 1 amide bonds. The molecule has 142 valence electrons. The molecular weight excluding hydrogens is 384 g/mol. The Bertz CT molecular complexity index is 803. The third kappa shape index (κ3) is 5.28. The number of ether oxygens (including phenoxy) is 2. The minimum atomic E-state index is -3.72. The van der Waals surface area contributed by atoms with E-state index in [2.05, 4.69) is 5.32 Å². The molecule has 10 heteroatoms. The number of carbonyl (C=O) groups is 2. The van der Waals surface area contributed by atoms with Crippen LogP contribution in [0, 0.1) is 0 Å². The van der Waals surface area contributed by atoms with Crippen LogP contribution in [-0.2, 0) is 29.1 Å². The van der Waals surface area contributed by atoms with E-state index in [0.29, 0.717) is 13.2 Å². The molecule has 1 heterocycles. The van der Waals surface area contributed by atoms with E-state index in [4.69, 9.17) is 21.1 Å². The number of esters is 1. The molecule has 1 aliphatic heterocycles. The maximum atomic E-state index is 12.7. The monoisotopic (exact) mass is 402 g/mol. The predicted octanol–water partition coefficient (Wildman–Crippen LogP) is 1.42. The van der Waals surface area contributed by atoms with E-state index < -0.39 is 28.5 Å². The molecule has 8 nitrogen and oxygen atoms in total. The number of benzene rings is 1. The van der Waals surface area contributed by atoms with Gasteiger partial charge in [0.1, 0.15) is 0 Å². The normalized spacial score (nSPS) is 15.8. The number of halogens is 1. The van der Waals surface area contributed by atoms with Crippen LogP contribution in [0.5, 0.6) is 0 Å². The highest BCUT2D eigenvalue weighted by atomic mass is 35.5. The lowest BCUT2D eigenvalue weighted by atomic mass is 10.3. The SMILES string of the molecule is C/C=C\C(=O)OCC(=O)Nc1cc(S(=O)(=O)N2CCOCC2)ccc1Cl. The van der Waals surface area contributed by atoms with Gasteiger partial charge in [-0.25, -0.2) is 13.2 Å². The number of hydrogen-bond donors (Lipinski definition) is 1. The molecule has 1 fully saturated rings. The fourth-order valence-electron chi connectivity index (χ4n) is 2.20. The smallest absolute Gasteiger partial charge is 0.330 e. The van der Waals surface area contributed by atoms with Crippen molar-refractivity contribution in [3.05, 3.63) is 35.4 Å². The average molecular weight is 403 g/mol. The standard InChI is InChI=1S/C16H19ClN2O6S/c1-2-3-16(21)25-11-15(20)18-14-10-12(4-5-13(14)17)26(22,23)19-6-8-24-9-7-19/h2-5,10H,6-9,11H2,1H3,(H,18,20)/b3-2-. The molecule has 0 saturated carbocycles. The van der Waals surface area contributed by atoms with Crippen LogP contribution < -0.4 is 5.32 Å². The van der Waals surface area contributed by atoms with Crippen LogP contribution in [0.15, 0.2) is 35.2 Å². The minimum absolute atomic E-state index is 0.00464. The first-order chi connectivity index (χ1) is 12.3. The Hall–Kier alpha value is -1.94. The molecule has 0 aromatic heterocycles. The van der Waals surface area contributed by atoms with E-state index in [1.807, 2.05) is 0 Å². The molecule has 1 aliphatic rings. The van der Waals surface area contributed by atoms with Crippen LogP contribution in [0.2, 0.25) is 5.02 Å². The quantitative estimate of drug-likeness (QED) is 0.570. The van der Waals surface area contributed by atoms with Crippen LogP contribution in [0.25, 0.3) is 0 Å². The summed E-state index contributed by atoms with van der Waals surface area (Å²) in [5, 5.41) is 2.61. The number of nitrogens with one attached hydrogen (secondary N) is 1. The van der Waals surface area contributed by atoms with Gasteiger partial charge in [0, 0.05) is 19.2 Å². The summed E-state index contributed by atoms with van der Waals surface area (Å²) < 4.78 is 36.5. The van der Waals surface area contributed by atoms with E-state index in [-0.39, 0.29) is 28.7 Å². The molecule has 0 unspecified atom stereocenters. The van der Waals surface area contributed by atoms with Crippen molar-refractivity contribution in [3.63, 3.8) is 0 Å². The molecule has 2 rings (SSSR count). The number of nitrogens with zero attached hydrogens (tertiary/aromatic N) is 1. The summed E-state index contributed by atoms with van der Waals surface area (Å²) in [6.07, 6.45) is 2.66. The van der Waals surface area contributed by atoms with E-state index in [9.17, 15) is 18.0 Å². The zero-order valence-corrected chi connectivity index (χ0v) is 15.7. The van der Waals surface area contributed by atoms with Gasteiger partial charge in [-0.05, 0) is 25.1 Å². The number of carbonyl (C=O) groups excluding carboxylic acids is 2. The molecule has 1 saturated heterocycles. The van der Waals surface area contributed by atoms with Crippen molar-refractivity contribution in [2.75, 3.05) is 38.2 Å². The largest absolute Gasteiger partial charge is 0.452 e. The summed E-state index contributed by atoms with van der Waals surface area (Å²) in [5.41, 5.74) is 0.119. The second kappa shape index (κ2) is 9.13. The predicted molar refractivity (Wildman–Crippen MR) is 95.4 cm³/mol. The number of rotatable bonds is 6. The number of sulfonamides is 1. The van der Waals surface area contributed by atoms with Crippen LogP contribution >= 0.6 is 11.6 Å². The first-order valence-electron chi connectivity index (χ1n) is 7.81. The lowest BCUT2D eigenvalue weighted by molar-refractivity contribution is -0.142. The molecule has 0 aliphatic carbocycles. The van der Waals surface area contributed by atoms with Gasteiger partial charge in [-0.2, -0.15) is 4.31 Å². The zero-order chi connectivity index (χ0) is 19.2. The zero-order valence-electron chi connectivity index (χ0n) is 14.1. The molecule has 1 aromatic carbocycles. The highest BCUT2D eigenvalue weighted by molar-refractivity contribution is 7.89. The van der Waals surface area contributed by atoms with Crippen molar-refractivity contribution in [1.82, 2.24) is 4.31 Å². The number of morpholine rings is 1. The van der Waals surface area contributed by atoms with E-state index in [1.165, 1.54) is 34.7 Å². The fraction of sp³-hybridized carbons (Fsp3) is 0.375. The van der Waals surface area contributed by atoms with Crippen molar-refractivity contribution in [1.29, 1.82) is 0 Å². The minimum Gasteiger partial charge on any atom is -0.452 e. The molecule has 26 heavy (non-hydrogen) atoms. The summed E-state index contributed by atoms with van der Waals surface area (Å²) in [4.78, 5) is 23.1. The highest BCUT2D eigenvalue weighted by Gasteiger charge is 2.27. The Balaban J connectivity index is 2.11. The van der Waals surface area contributed by atoms with Crippen LogP contribution in [0.4, 0.5) is 5.69 Å². The molecule has 1 N–H and O–H groups in total. The lowest BCUT2D eigenvalue weighted by Crippen LogP contribution is -2.40. The molecule has 0 radical (unpaired) electrons. The van der Waals surface area contributed by atoms with Gasteiger partial charge >= 0.3 is 5.97 Å². The van der Waals surface area contributed by atoms with E-state index >= 15 is 0 Å². The summed E-state index contributed by atoms with van der Waals surface area (Å²) >= 11 is 6.03. The van der Waals surface area contributed by atoms with Gasteiger partial charge < -0.3 is 14.8 Å². The lowest BCUT2D eigenvalue weighted by Gasteiger charge is -2.26. The van der Waals surface area contributed by atoms with Gasteiger partial charge in [0.2, 0.25) is 10.0 Å². The van der Waals surface area contributed by atoms with Gasteiger partial charge in [-0.15, -0.1) is 0 Å². The number of hydrogen-bond acceptors (Lipinski definition) is 6. The van der Waals surface area contributed by atoms with E-state index in [0.717, 1.165) is 0 Å². The van der Waals surface area contributed by atoms with Crippen molar-refractivity contribution < 1.29 is 27.5 Å². The summed E-state index contributed by atoms with van der Waals surface area (Å²) in [5.74, 6) is -1.29. The van der Waals surface area contributed by atoms with E-state index in [1.54, 1.807) is 6.92 Å². The maximum absolute atomic E-state index is 12.7. The number of allylic oxidation sites excluding steroid dienone is 1. The molecule has 0 bridgehead atoms. The second-order valence-corrected chi connectivity index (χ2v) is 7.66. The van der Waals surface area contributed by atoms with Gasteiger partial charge in [0.05, 0.1) is 28.8 Å². The van der Waals surface area contributed by atoms with Crippen molar-refractivity contribution in [3.8, 4) is 0 Å². The van der Waals surface area contributed by atoms with Crippen LogP contribution in [0.3, 0.4) is 0 Å². The Morgan fingerprint density at radius 3 is 2.69 bits per heavy atom. The summed E-state index contributed by atoms with van der Waals surface area (Å²) in [6.45, 7) is 2.30. The van der Waals surface area contributed by atoms with Crippen LogP contribution in [-0.4, -0.2) is 57.5 Å². The second-order valence-electron chi connectivity index (χ2n) is 5.31. The average Bonchev–Trinajstić information content (AvgIpc) is 2.62. The van der Waals surface area contributed by atoms with Gasteiger partial charge in [0.25, 0.3) is 5.91 Å². The molecular formula is C16H19ClN2O6S.